The molecule has 2 aliphatic rings. The zero-order valence-electron chi connectivity index (χ0n) is 18.8. The van der Waals surface area contributed by atoms with Gasteiger partial charge in [0, 0.05) is 29.0 Å². The Hall–Kier alpha value is -2.42. The van der Waals surface area contributed by atoms with E-state index in [4.69, 9.17) is 26.8 Å². The maximum atomic E-state index is 12.6. The van der Waals surface area contributed by atoms with Crippen LogP contribution < -0.4 is 20.1 Å². The van der Waals surface area contributed by atoms with Gasteiger partial charge in [-0.25, -0.2) is 0 Å². The molecule has 0 aromatic heterocycles. The maximum absolute atomic E-state index is 12.6. The largest absolute Gasteiger partial charge is 0.497 e. The number of nitrogens with two attached hydrogens (primary N) is 1. The van der Waals surface area contributed by atoms with Crippen molar-refractivity contribution in [3.63, 3.8) is 0 Å². The molecule has 2 aromatic carbocycles. The highest BCUT2D eigenvalue weighted by molar-refractivity contribution is 8.00. The molecule has 1 unspecified atom stereocenters. The van der Waals surface area contributed by atoms with Crippen LogP contribution >= 0.6 is 23.4 Å². The van der Waals surface area contributed by atoms with Crippen molar-refractivity contribution in [3.05, 3.63) is 47.0 Å². The van der Waals surface area contributed by atoms with Gasteiger partial charge in [-0.05, 0) is 62.2 Å². The van der Waals surface area contributed by atoms with E-state index in [2.05, 4.69) is 4.90 Å². The van der Waals surface area contributed by atoms with Crippen molar-refractivity contribution < 1.29 is 19.1 Å². The fourth-order valence-corrected chi connectivity index (χ4v) is 6.10. The van der Waals surface area contributed by atoms with E-state index in [0.29, 0.717) is 23.1 Å². The zero-order valence-corrected chi connectivity index (χ0v) is 20.3. The average Bonchev–Trinajstić information content (AvgIpc) is 3.41. The number of halogens is 1. The summed E-state index contributed by atoms with van der Waals surface area (Å²) in [6, 6.07) is 11.0. The Morgan fingerprint density at radius 1 is 1.24 bits per heavy atom. The van der Waals surface area contributed by atoms with E-state index < -0.39 is 0 Å². The third-order valence-corrected chi connectivity index (χ3v) is 7.52. The lowest BCUT2D eigenvalue weighted by molar-refractivity contribution is -0.122. The second-order valence-electron chi connectivity index (χ2n) is 8.17. The molecular weight excluding hydrogens is 462 g/mol. The van der Waals surface area contributed by atoms with Crippen molar-refractivity contribution in [3.8, 4) is 11.5 Å². The second-order valence-corrected chi connectivity index (χ2v) is 9.73. The van der Waals surface area contributed by atoms with Crippen LogP contribution in [0.3, 0.4) is 0 Å². The van der Waals surface area contributed by atoms with Gasteiger partial charge in [0.05, 0.1) is 25.4 Å². The van der Waals surface area contributed by atoms with Crippen molar-refractivity contribution >= 4 is 40.9 Å². The first kappa shape index (κ1) is 23.7. The van der Waals surface area contributed by atoms with Crippen LogP contribution in [0, 0.1) is 0 Å². The number of carbonyl (C=O) groups excluding carboxylic acids is 2. The Bertz CT molecular complexity index is 1050. The van der Waals surface area contributed by atoms with E-state index in [1.165, 1.54) is 0 Å². The predicted octanol–water partition coefficient (Wildman–Crippen LogP) is 4.22. The van der Waals surface area contributed by atoms with Crippen LogP contribution in [-0.4, -0.2) is 49.6 Å². The van der Waals surface area contributed by atoms with Gasteiger partial charge in [-0.15, -0.1) is 0 Å². The number of primary amides is 1. The molecule has 0 spiro atoms. The summed E-state index contributed by atoms with van der Waals surface area (Å²) >= 11 is 7.76. The summed E-state index contributed by atoms with van der Waals surface area (Å²) in [4.78, 5) is 29.1. The minimum atomic E-state index is -0.293. The number of ether oxygens (including phenoxy) is 2. The molecule has 2 N–H and O–H groups in total. The Labute approximate surface area is 203 Å². The van der Waals surface area contributed by atoms with Gasteiger partial charge in [-0.1, -0.05) is 23.4 Å². The number of anilines is 1. The molecule has 1 fully saturated rings. The van der Waals surface area contributed by atoms with Crippen LogP contribution in [0.4, 0.5) is 5.69 Å². The van der Waals surface area contributed by atoms with E-state index in [1.807, 2.05) is 30.3 Å². The lowest BCUT2D eigenvalue weighted by atomic mass is 10.1. The summed E-state index contributed by atoms with van der Waals surface area (Å²) in [6.45, 7) is 3.68. The molecule has 2 aliphatic heterocycles. The smallest absolute Gasteiger partial charge is 0.234 e. The molecule has 2 aromatic rings. The zero-order chi connectivity index (χ0) is 23.5. The predicted molar refractivity (Wildman–Crippen MR) is 130 cm³/mol. The summed E-state index contributed by atoms with van der Waals surface area (Å²) < 4.78 is 11.6. The molecule has 2 atom stereocenters. The topological polar surface area (TPSA) is 85.1 Å². The van der Waals surface area contributed by atoms with E-state index in [9.17, 15) is 9.59 Å². The van der Waals surface area contributed by atoms with Crippen LogP contribution in [0.25, 0.3) is 0 Å². The van der Waals surface area contributed by atoms with E-state index in [-0.39, 0.29) is 23.2 Å². The summed E-state index contributed by atoms with van der Waals surface area (Å²) in [5.74, 6) is 1.07. The van der Waals surface area contributed by atoms with Gasteiger partial charge in [0.25, 0.3) is 0 Å². The number of nitrogens with zero attached hydrogens (tertiary/aromatic N) is 2. The fourth-order valence-electron chi connectivity index (χ4n) is 4.46. The summed E-state index contributed by atoms with van der Waals surface area (Å²) in [5.41, 5.74) is 7.21. The van der Waals surface area contributed by atoms with E-state index in [0.717, 1.165) is 48.5 Å². The highest BCUT2D eigenvalue weighted by atomic mass is 35.5. The maximum Gasteiger partial charge on any atom is 0.234 e. The number of likely N-dealkylation sites (tertiary alicyclic amines) is 1. The highest BCUT2D eigenvalue weighted by Crippen LogP contribution is 2.54. The number of benzene rings is 2. The fraction of sp³-hybridized carbons (Fsp3) is 0.417. The SMILES string of the molecule is COc1ccc(OCCCN2CCC[C@H]2C(N)=O)c(C2Sc3cc(Cl)ccc3N2C(C)=O)c1. The van der Waals surface area contributed by atoms with E-state index >= 15 is 0 Å². The lowest BCUT2D eigenvalue weighted by Gasteiger charge is -2.26. The number of hydrogen-bond acceptors (Lipinski definition) is 6. The van der Waals surface area contributed by atoms with Gasteiger partial charge < -0.3 is 15.2 Å². The number of rotatable bonds is 8. The molecule has 2 amide bonds. The van der Waals surface area contributed by atoms with Gasteiger partial charge >= 0.3 is 0 Å². The van der Waals surface area contributed by atoms with Crippen LogP contribution in [0.2, 0.25) is 5.02 Å². The minimum absolute atomic E-state index is 0.0612. The Morgan fingerprint density at radius 2 is 2.06 bits per heavy atom. The lowest BCUT2D eigenvalue weighted by Crippen LogP contribution is -2.41. The number of amides is 2. The van der Waals surface area contributed by atoms with Gasteiger partial charge in [0.1, 0.15) is 16.9 Å². The molecule has 0 bridgehead atoms. The van der Waals surface area contributed by atoms with Gasteiger partial charge in [-0.3, -0.25) is 19.4 Å². The van der Waals surface area contributed by atoms with Crippen molar-refractivity contribution in [1.82, 2.24) is 4.90 Å². The molecule has 0 aliphatic carbocycles. The molecule has 176 valence electrons. The van der Waals surface area contributed by atoms with Crippen LogP contribution in [-0.2, 0) is 9.59 Å². The normalized spacial score (nSPS) is 20.0. The molecule has 4 rings (SSSR count). The summed E-state index contributed by atoms with van der Waals surface area (Å²) in [5, 5.41) is 0.336. The summed E-state index contributed by atoms with van der Waals surface area (Å²) in [7, 11) is 1.61. The number of hydrogen-bond donors (Lipinski definition) is 1. The Morgan fingerprint density at radius 3 is 2.79 bits per heavy atom. The second kappa shape index (κ2) is 10.2. The molecule has 2 heterocycles. The van der Waals surface area contributed by atoms with Crippen LogP contribution in [0.1, 0.15) is 37.1 Å². The first-order valence-corrected chi connectivity index (χ1v) is 12.2. The molecule has 0 saturated carbocycles. The van der Waals surface area contributed by atoms with Crippen molar-refractivity contribution in [1.29, 1.82) is 0 Å². The molecule has 33 heavy (non-hydrogen) atoms. The third-order valence-electron chi connectivity index (χ3n) is 6.02. The average molecular weight is 490 g/mol. The van der Waals surface area contributed by atoms with Crippen molar-refractivity contribution in [2.24, 2.45) is 5.73 Å². The number of fused-ring (bicyclic) bond motifs is 1. The number of methoxy groups -OCH3 is 1. The Balaban J connectivity index is 1.51. The van der Waals surface area contributed by atoms with Gasteiger partial charge in [0.2, 0.25) is 11.8 Å². The van der Waals surface area contributed by atoms with Crippen molar-refractivity contribution in [2.45, 2.75) is 42.5 Å². The van der Waals surface area contributed by atoms with Gasteiger partial charge in [-0.2, -0.15) is 0 Å². The quantitative estimate of drug-likeness (QED) is 0.559. The number of thioether (sulfide) groups is 1. The van der Waals surface area contributed by atoms with Gasteiger partial charge in [0.15, 0.2) is 0 Å². The highest BCUT2D eigenvalue weighted by Gasteiger charge is 2.36. The molecule has 1 saturated heterocycles. The number of carbonyl (C=O) groups is 2. The van der Waals surface area contributed by atoms with E-state index in [1.54, 1.807) is 36.8 Å². The monoisotopic (exact) mass is 489 g/mol. The molecule has 9 heteroatoms. The molecule has 7 nitrogen and oxygen atoms in total. The Kier molecular flexibility index (Phi) is 7.36. The first-order chi connectivity index (χ1) is 15.9. The molecule has 0 radical (unpaired) electrons. The first-order valence-electron chi connectivity index (χ1n) is 11.0. The van der Waals surface area contributed by atoms with Crippen molar-refractivity contribution in [2.75, 3.05) is 31.7 Å². The third kappa shape index (κ3) is 5.08. The molecular formula is C24H28ClN3O4S. The van der Waals surface area contributed by atoms with Crippen LogP contribution in [0.5, 0.6) is 11.5 Å². The summed E-state index contributed by atoms with van der Waals surface area (Å²) in [6.07, 6.45) is 2.57. The van der Waals surface area contributed by atoms with Crippen LogP contribution in [0.15, 0.2) is 41.3 Å². The standard InChI is InChI=1S/C24H28ClN3O4S/c1-15(29)28-19-8-6-16(25)13-22(19)33-24(28)18-14-17(31-2)7-9-21(18)32-12-4-11-27-10-3-5-20(27)23(26)30/h6-9,13-14,20,24H,3-5,10-12H2,1-2H3,(H2,26,30)/t20-,24?/m0/s1. The minimum Gasteiger partial charge on any atom is -0.497 e.